The lowest BCUT2D eigenvalue weighted by molar-refractivity contribution is -0.119. The average molecular weight is 504 g/mol. The molecule has 0 radical (unpaired) electrons. The van der Waals surface area contributed by atoms with Crippen LogP contribution < -0.4 is 15.8 Å². The van der Waals surface area contributed by atoms with Crippen molar-refractivity contribution in [2.45, 2.75) is 39.2 Å². The maximum absolute atomic E-state index is 11.2. The number of nitrogens with one attached hydrogen (secondary N) is 1. The molecule has 2 atom stereocenters. The lowest BCUT2D eigenvalue weighted by atomic mass is 9.95. The number of nitrogens with two attached hydrogens (primary N) is 1. The van der Waals surface area contributed by atoms with Gasteiger partial charge in [0.15, 0.2) is 5.96 Å². The van der Waals surface area contributed by atoms with Crippen molar-refractivity contribution in [2.75, 3.05) is 32.8 Å². The Morgan fingerprint density at radius 2 is 2.29 bits per heavy atom. The van der Waals surface area contributed by atoms with Crippen LogP contribution in [-0.2, 0) is 4.79 Å². The second-order valence-corrected chi connectivity index (χ2v) is 7.10. The number of primary amides is 1. The number of likely N-dealkylation sites (tertiary alicyclic amines) is 1. The molecule has 0 aromatic heterocycles. The Balaban J connectivity index is 0.00000392. The summed E-state index contributed by atoms with van der Waals surface area (Å²) in [4.78, 5) is 17.9. The molecule has 0 aliphatic carbocycles. The standard InChI is InChI=1S/C20H32N4O3.HI/c1-3-22-20(24-9-5-7-16(13-24)11-19(21)26)23-12-17(25)14-27-18-8-4-6-15(2)10-18;/h4,6,8,10,16-17,25H,3,5,7,9,11-14H2,1-2H3,(H2,21,26)(H,22,23);1H. The highest BCUT2D eigenvalue weighted by atomic mass is 127. The van der Waals surface area contributed by atoms with Crippen molar-refractivity contribution in [3.8, 4) is 5.75 Å². The molecular formula is C20H33IN4O3. The number of benzene rings is 1. The van der Waals surface area contributed by atoms with Crippen LogP contribution in [0.15, 0.2) is 29.3 Å². The topological polar surface area (TPSA) is 100 Å². The number of aliphatic hydroxyl groups excluding tert-OH is 1. The summed E-state index contributed by atoms with van der Waals surface area (Å²) in [5.41, 5.74) is 6.46. The Labute approximate surface area is 184 Å². The third kappa shape index (κ3) is 8.64. The molecule has 1 aromatic rings. The maximum Gasteiger partial charge on any atom is 0.217 e. The van der Waals surface area contributed by atoms with Crippen molar-refractivity contribution in [2.24, 2.45) is 16.6 Å². The van der Waals surface area contributed by atoms with Gasteiger partial charge in [-0.25, -0.2) is 0 Å². The van der Waals surface area contributed by atoms with E-state index in [-0.39, 0.29) is 49.0 Å². The van der Waals surface area contributed by atoms with E-state index in [4.69, 9.17) is 10.5 Å². The minimum absolute atomic E-state index is 0. The van der Waals surface area contributed by atoms with Crippen LogP contribution in [0.1, 0.15) is 31.7 Å². The van der Waals surface area contributed by atoms with Gasteiger partial charge < -0.3 is 25.8 Å². The lowest BCUT2D eigenvalue weighted by Crippen LogP contribution is -2.47. The quantitative estimate of drug-likeness (QED) is 0.285. The van der Waals surface area contributed by atoms with Gasteiger partial charge in [-0.1, -0.05) is 12.1 Å². The van der Waals surface area contributed by atoms with Crippen molar-refractivity contribution in [1.29, 1.82) is 0 Å². The number of amides is 1. The predicted molar refractivity (Wildman–Crippen MR) is 122 cm³/mol. The van der Waals surface area contributed by atoms with E-state index < -0.39 is 6.10 Å². The number of hydrogen-bond acceptors (Lipinski definition) is 4. The van der Waals surface area contributed by atoms with Crippen LogP contribution in [-0.4, -0.2) is 60.8 Å². The van der Waals surface area contributed by atoms with Gasteiger partial charge in [-0.15, -0.1) is 24.0 Å². The Morgan fingerprint density at radius 3 is 2.96 bits per heavy atom. The second kappa shape index (κ2) is 12.8. The van der Waals surface area contributed by atoms with Crippen LogP contribution in [0.2, 0.25) is 0 Å². The highest BCUT2D eigenvalue weighted by Crippen LogP contribution is 2.19. The minimum atomic E-state index is -0.689. The summed E-state index contributed by atoms with van der Waals surface area (Å²) in [6, 6.07) is 7.74. The van der Waals surface area contributed by atoms with E-state index in [0.717, 1.165) is 49.7 Å². The predicted octanol–water partition coefficient (Wildman–Crippen LogP) is 1.91. The zero-order valence-electron chi connectivity index (χ0n) is 16.8. The molecule has 1 amide bonds. The molecule has 1 aliphatic rings. The summed E-state index contributed by atoms with van der Waals surface area (Å²) in [5, 5.41) is 13.5. The van der Waals surface area contributed by atoms with E-state index >= 15 is 0 Å². The molecule has 1 fully saturated rings. The molecule has 1 heterocycles. The molecule has 1 saturated heterocycles. The number of ether oxygens (including phenoxy) is 1. The molecule has 0 saturated carbocycles. The molecule has 2 rings (SSSR count). The van der Waals surface area contributed by atoms with Crippen LogP contribution >= 0.6 is 24.0 Å². The van der Waals surface area contributed by atoms with Crippen LogP contribution in [0.5, 0.6) is 5.75 Å². The van der Waals surface area contributed by atoms with E-state index in [1.807, 2.05) is 38.1 Å². The fraction of sp³-hybridized carbons (Fsp3) is 0.600. The van der Waals surface area contributed by atoms with Gasteiger partial charge in [-0.2, -0.15) is 0 Å². The number of guanidine groups is 1. The number of hydrogen-bond donors (Lipinski definition) is 3. The van der Waals surface area contributed by atoms with Crippen molar-refractivity contribution >= 4 is 35.8 Å². The normalized spacial score (nSPS) is 18.2. The number of rotatable bonds is 8. The highest BCUT2D eigenvalue weighted by Gasteiger charge is 2.23. The van der Waals surface area contributed by atoms with Gasteiger partial charge in [-0.3, -0.25) is 9.79 Å². The number of piperidine rings is 1. The SMILES string of the molecule is CCNC(=NCC(O)COc1cccc(C)c1)N1CCCC(CC(N)=O)C1.I. The average Bonchev–Trinajstić information content (AvgIpc) is 2.63. The summed E-state index contributed by atoms with van der Waals surface area (Å²) < 4.78 is 5.64. The molecule has 1 aliphatic heterocycles. The van der Waals surface area contributed by atoms with Gasteiger partial charge in [0.1, 0.15) is 18.5 Å². The molecule has 4 N–H and O–H groups in total. The number of aryl methyl sites for hydroxylation is 1. The van der Waals surface area contributed by atoms with Gasteiger partial charge in [0.25, 0.3) is 0 Å². The van der Waals surface area contributed by atoms with E-state index in [1.54, 1.807) is 0 Å². The van der Waals surface area contributed by atoms with Gasteiger partial charge in [0, 0.05) is 26.1 Å². The smallest absolute Gasteiger partial charge is 0.217 e. The molecule has 7 nitrogen and oxygen atoms in total. The maximum atomic E-state index is 11.2. The first-order valence-corrected chi connectivity index (χ1v) is 9.67. The number of carbonyl (C=O) groups is 1. The van der Waals surface area contributed by atoms with Crippen LogP contribution in [0.4, 0.5) is 0 Å². The Hall–Kier alpha value is -1.55. The minimum Gasteiger partial charge on any atom is -0.491 e. The summed E-state index contributed by atoms with van der Waals surface area (Å²) in [6.45, 7) is 6.84. The molecule has 1 aromatic carbocycles. The van der Waals surface area contributed by atoms with E-state index in [0.29, 0.717) is 6.42 Å². The zero-order valence-corrected chi connectivity index (χ0v) is 19.1. The van der Waals surface area contributed by atoms with Crippen LogP contribution in [0, 0.1) is 12.8 Å². The Morgan fingerprint density at radius 1 is 1.50 bits per heavy atom. The van der Waals surface area contributed by atoms with Crippen molar-refractivity contribution in [3.05, 3.63) is 29.8 Å². The lowest BCUT2D eigenvalue weighted by Gasteiger charge is -2.34. The van der Waals surface area contributed by atoms with Gasteiger partial charge in [0.2, 0.25) is 5.91 Å². The molecule has 158 valence electrons. The summed E-state index contributed by atoms with van der Waals surface area (Å²) in [7, 11) is 0. The Kier molecular flexibility index (Phi) is 11.2. The summed E-state index contributed by atoms with van der Waals surface area (Å²) >= 11 is 0. The first kappa shape index (κ1) is 24.5. The molecule has 8 heteroatoms. The van der Waals surface area contributed by atoms with E-state index in [2.05, 4.69) is 15.2 Å². The van der Waals surface area contributed by atoms with Gasteiger partial charge in [0.05, 0.1) is 6.54 Å². The third-order valence-electron chi connectivity index (χ3n) is 4.53. The number of aliphatic imine (C=N–C) groups is 1. The largest absolute Gasteiger partial charge is 0.491 e. The first-order chi connectivity index (χ1) is 13.0. The molecule has 28 heavy (non-hydrogen) atoms. The summed E-state index contributed by atoms with van der Waals surface area (Å²) in [6.07, 6.45) is 1.72. The summed E-state index contributed by atoms with van der Waals surface area (Å²) in [5.74, 6) is 1.51. The fourth-order valence-electron chi connectivity index (χ4n) is 3.28. The zero-order chi connectivity index (χ0) is 19.6. The number of aliphatic hydroxyl groups is 1. The van der Waals surface area contributed by atoms with Crippen LogP contribution in [0.3, 0.4) is 0 Å². The number of halogens is 1. The molecule has 0 bridgehead atoms. The number of nitrogens with zero attached hydrogens (tertiary/aromatic N) is 2. The Bertz CT molecular complexity index is 642. The highest BCUT2D eigenvalue weighted by molar-refractivity contribution is 14.0. The molecule has 0 spiro atoms. The van der Waals surface area contributed by atoms with Crippen molar-refractivity contribution < 1.29 is 14.6 Å². The van der Waals surface area contributed by atoms with E-state index in [9.17, 15) is 9.90 Å². The first-order valence-electron chi connectivity index (χ1n) is 9.67. The van der Waals surface area contributed by atoms with Gasteiger partial charge in [-0.05, 0) is 50.3 Å². The van der Waals surface area contributed by atoms with Crippen LogP contribution in [0.25, 0.3) is 0 Å². The second-order valence-electron chi connectivity index (χ2n) is 7.10. The van der Waals surface area contributed by atoms with Crippen molar-refractivity contribution in [3.63, 3.8) is 0 Å². The molecule has 2 unspecified atom stereocenters. The van der Waals surface area contributed by atoms with E-state index in [1.165, 1.54) is 0 Å². The van der Waals surface area contributed by atoms with Crippen molar-refractivity contribution in [1.82, 2.24) is 10.2 Å². The van der Waals surface area contributed by atoms with Gasteiger partial charge >= 0.3 is 0 Å². The molecular weight excluding hydrogens is 471 g/mol. The fourth-order valence-corrected chi connectivity index (χ4v) is 3.28. The number of carbonyl (C=O) groups excluding carboxylic acids is 1. The monoisotopic (exact) mass is 504 g/mol. The third-order valence-corrected chi connectivity index (χ3v) is 4.53.